The molecule has 4 aromatic rings. The Hall–Kier alpha value is -5.15. The predicted molar refractivity (Wildman–Crippen MR) is 198 cm³/mol. The van der Waals surface area contributed by atoms with Gasteiger partial charge in [0.25, 0.3) is 11.8 Å². The summed E-state index contributed by atoms with van der Waals surface area (Å²) in [7, 11) is 0. The molecule has 3 aliphatic heterocycles. The van der Waals surface area contributed by atoms with Gasteiger partial charge >= 0.3 is 0 Å². The minimum Gasteiger partial charge on any atom is -0.345 e. The summed E-state index contributed by atoms with van der Waals surface area (Å²) in [5.41, 5.74) is 6.66. The van der Waals surface area contributed by atoms with E-state index >= 15 is 13.2 Å². The molecule has 2 aromatic heterocycles. The lowest BCUT2D eigenvalue weighted by atomic mass is 9.86. The smallest absolute Gasteiger partial charge is 0.288 e. The highest BCUT2D eigenvalue weighted by Crippen LogP contribution is 2.33. The van der Waals surface area contributed by atoms with E-state index in [2.05, 4.69) is 31.2 Å². The number of alkyl halides is 2. The summed E-state index contributed by atoms with van der Waals surface area (Å²) in [6, 6.07) is 14.3. The fraction of sp³-hybridized carbons (Fsp3) is 0.450. The number of nitrogens with zero attached hydrogens (tertiary/aromatic N) is 5. The van der Waals surface area contributed by atoms with E-state index in [0.717, 1.165) is 24.0 Å². The first kappa shape index (κ1) is 38.1. The number of piperidine rings is 2. The van der Waals surface area contributed by atoms with Crippen molar-refractivity contribution in [3.63, 3.8) is 0 Å². The highest BCUT2D eigenvalue weighted by molar-refractivity contribution is 6.37. The Labute approximate surface area is 316 Å². The summed E-state index contributed by atoms with van der Waals surface area (Å²) in [5, 5.41) is 9.31. The standard InChI is InChI=1S/C40H45F3N8O4/c1-39(2,3)38-48-35(49-55-38)37(54)44-20-29-9-8-28(19-31(29)41)34-32-18-24(21-51(32)46-23-45-34)12-15-40(42,43)22-50-16-13-26(14-17-50)25-4-6-27(7-5-25)30-10-11-33(52)47-36(30)53/h4-9,18-19,21,23,26,30,38H,10-17,20,22H2,1-3H3,(H,44,54)(H,48,49)(H,47,52,53). The van der Waals surface area contributed by atoms with Crippen LogP contribution < -0.4 is 16.1 Å². The minimum absolute atomic E-state index is 0.0244. The van der Waals surface area contributed by atoms with Crippen molar-refractivity contribution in [2.75, 3.05) is 19.6 Å². The Morgan fingerprint density at radius 3 is 2.45 bits per heavy atom. The molecule has 7 rings (SSSR count). The first-order chi connectivity index (χ1) is 26.2. The van der Waals surface area contributed by atoms with Gasteiger partial charge in [-0.15, -0.1) is 0 Å². The van der Waals surface area contributed by atoms with Gasteiger partial charge in [0.05, 0.1) is 23.7 Å². The third kappa shape index (κ3) is 8.89. The van der Waals surface area contributed by atoms with Crippen LogP contribution in [0.4, 0.5) is 13.2 Å². The lowest BCUT2D eigenvalue weighted by molar-refractivity contribution is -0.134. The molecular weight excluding hydrogens is 713 g/mol. The van der Waals surface area contributed by atoms with Gasteiger partial charge in [-0.1, -0.05) is 57.2 Å². The van der Waals surface area contributed by atoms with E-state index in [9.17, 15) is 14.4 Å². The molecule has 2 atom stereocenters. The van der Waals surface area contributed by atoms with Crippen LogP contribution in [0.15, 0.2) is 66.0 Å². The van der Waals surface area contributed by atoms with Gasteiger partial charge in [0, 0.05) is 42.1 Å². The van der Waals surface area contributed by atoms with E-state index in [-0.39, 0.29) is 66.4 Å². The molecule has 2 aromatic carbocycles. The van der Waals surface area contributed by atoms with Gasteiger partial charge in [0.2, 0.25) is 17.6 Å². The number of amides is 3. The van der Waals surface area contributed by atoms with Crippen LogP contribution in [-0.2, 0) is 32.2 Å². The van der Waals surface area contributed by atoms with Crippen LogP contribution in [0.1, 0.15) is 87.0 Å². The Morgan fingerprint density at radius 2 is 1.76 bits per heavy atom. The van der Waals surface area contributed by atoms with E-state index in [4.69, 9.17) is 4.84 Å². The number of halogens is 3. The summed E-state index contributed by atoms with van der Waals surface area (Å²) in [6.45, 7) is 6.53. The van der Waals surface area contributed by atoms with Crippen LogP contribution in [0.5, 0.6) is 0 Å². The maximum Gasteiger partial charge on any atom is 0.288 e. The molecule has 0 bridgehead atoms. The number of aromatic nitrogens is 3. The molecule has 3 aliphatic rings. The Morgan fingerprint density at radius 1 is 1.02 bits per heavy atom. The second-order valence-electron chi connectivity index (χ2n) is 15.8. The summed E-state index contributed by atoms with van der Waals surface area (Å²) in [5.74, 6) is -4.53. The number of aryl methyl sites for hydroxylation is 1. The van der Waals surface area contributed by atoms with Gasteiger partial charge in [-0.25, -0.2) is 38.0 Å². The molecule has 3 N–H and O–H groups in total. The van der Waals surface area contributed by atoms with E-state index in [1.165, 1.54) is 12.4 Å². The zero-order valence-corrected chi connectivity index (χ0v) is 31.1. The van der Waals surface area contributed by atoms with Crippen LogP contribution in [0, 0.1) is 11.2 Å². The summed E-state index contributed by atoms with van der Waals surface area (Å²) < 4.78 is 47.5. The molecule has 0 spiro atoms. The molecule has 55 heavy (non-hydrogen) atoms. The summed E-state index contributed by atoms with van der Waals surface area (Å²) in [6.07, 6.45) is 4.64. The number of nitrogens with one attached hydrogen (secondary N) is 3. The van der Waals surface area contributed by atoms with E-state index in [1.54, 1.807) is 28.9 Å². The van der Waals surface area contributed by atoms with Crippen molar-refractivity contribution >= 4 is 29.1 Å². The molecule has 0 saturated carbocycles. The lowest BCUT2D eigenvalue weighted by Gasteiger charge is -2.34. The molecule has 2 fully saturated rings. The maximum absolute atomic E-state index is 15.3. The largest absolute Gasteiger partial charge is 0.345 e. The maximum atomic E-state index is 15.3. The van der Waals surface area contributed by atoms with Crippen molar-refractivity contribution in [2.24, 2.45) is 10.4 Å². The number of aliphatic imine (C=N–C) groups is 1. The van der Waals surface area contributed by atoms with Gasteiger partial charge in [0.15, 0.2) is 6.23 Å². The van der Waals surface area contributed by atoms with Crippen molar-refractivity contribution < 1.29 is 32.4 Å². The first-order valence-corrected chi connectivity index (χ1v) is 18.6. The third-order valence-electron chi connectivity index (χ3n) is 10.6. The minimum atomic E-state index is -2.91. The number of benzene rings is 2. The van der Waals surface area contributed by atoms with E-state index < -0.39 is 23.9 Å². The second kappa shape index (κ2) is 15.5. The lowest BCUT2D eigenvalue weighted by Crippen LogP contribution is -2.41. The molecule has 2 saturated heterocycles. The van der Waals surface area contributed by atoms with Crippen molar-refractivity contribution in [3.8, 4) is 11.3 Å². The first-order valence-electron chi connectivity index (χ1n) is 18.6. The third-order valence-corrected chi connectivity index (χ3v) is 10.6. The molecule has 5 heterocycles. The highest BCUT2D eigenvalue weighted by atomic mass is 19.3. The molecule has 12 nitrogen and oxygen atoms in total. The summed E-state index contributed by atoms with van der Waals surface area (Å²) >= 11 is 0. The van der Waals surface area contributed by atoms with Crippen LogP contribution in [0.25, 0.3) is 16.8 Å². The van der Waals surface area contributed by atoms with E-state index in [1.807, 2.05) is 49.9 Å². The fourth-order valence-electron chi connectivity index (χ4n) is 7.37. The fourth-order valence-corrected chi connectivity index (χ4v) is 7.37. The number of hydrogen-bond acceptors (Lipinski definition) is 9. The van der Waals surface area contributed by atoms with Gasteiger partial charge in [-0.3, -0.25) is 24.6 Å². The molecule has 2 unspecified atom stereocenters. The molecule has 290 valence electrons. The Bertz CT molecular complexity index is 2110. The molecule has 3 amide bonds. The monoisotopic (exact) mass is 758 g/mol. The SMILES string of the molecule is CC(C)(C)C1N=C(C(=O)NCc2ccc(-c3ncnn4cc(CCC(F)(F)CN5CCC(c6ccc(C7CCC(=O)NC7=O)cc6)CC5)cc34)cc2F)NO1. The number of rotatable bonds is 11. The number of amidine groups is 1. The van der Waals surface area contributed by atoms with Crippen LogP contribution in [0.3, 0.4) is 0 Å². The number of carbonyl (C=O) groups excluding carboxylic acids is 3. The van der Waals surface area contributed by atoms with Gasteiger partial charge < -0.3 is 5.32 Å². The Balaban J connectivity index is 0.911. The van der Waals surface area contributed by atoms with Gasteiger partial charge in [-0.2, -0.15) is 5.10 Å². The van der Waals surface area contributed by atoms with Crippen LogP contribution in [-0.4, -0.2) is 74.8 Å². The van der Waals surface area contributed by atoms with Crippen molar-refractivity contribution in [2.45, 2.75) is 89.8 Å². The van der Waals surface area contributed by atoms with Gasteiger partial charge in [-0.05, 0) is 73.5 Å². The quantitative estimate of drug-likeness (QED) is 0.172. The second-order valence-corrected chi connectivity index (χ2v) is 15.8. The number of imide groups is 1. The van der Waals surface area contributed by atoms with Crippen LogP contribution in [0.2, 0.25) is 0 Å². The zero-order valence-electron chi connectivity index (χ0n) is 31.1. The Kier molecular flexibility index (Phi) is 10.8. The number of carbonyl (C=O) groups is 3. The number of hydrogen-bond donors (Lipinski definition) is 3. The normalized spacial score (nSPS) is 20.0. The van der Waals surface area contributed by atoms with Crippen molar-refractivity contribution in [1.29, 1.82) is 0 Å². The van der Waals surface area contributed by atoms with Crippen molar-refractivity contribution in [1.82, 2.24) is 35.6 Å². The van der Waals surface area contributed by atoms with Crippen LogP contribution >= 0.6 is 0 Å². The molecule has 0 aliphatic carbocycles. The molecular formula is C40H45F3N8O4. The summed E-state index contributed by atoms with van der Waals surface area (Å²) in [4.78, 5) is 52.2. The average molecular weight is 759 g/mol. The topological polar surface area (TPSA) is 142 Å². The zero-order chi connectivity index (χ0) is 38.9. The number of fused-ring (bicyclic) bond motifs is 1. The molecule has 15 heteroatoms. The number of hydroxylamine groups is 1. The van der Waals surface area contributed by atoms with E-state index in [0.29, 0.717) is 48.3 Å². The highest BCUT2D eigenvalue weighted by Gasteiger charge is 2.35. The van der Waals surface area contributed by atoms with Gasteiger partial charge in [0.1, 0.15) is 12.1 Å². The number of likely N-dealkylation sites (tertiary alicyclic amines) is 1. The van der Waals surface area contributed by atoms with Crippen molar-refractivity contribution in [3.05, 3.63) is 89.1 Å². The average Bonchev–Trinajstić information content (AvgIpc) is 3.82. The predicted octanol–water partition coefficient (Wildman–Crippen LogP) is 5.42. The molecule has 0 radical (unpaired) electrons.